The number of pyridine rings is 2. The Bertz CT molecular complexity index is 656. The van der Waals surface area contributed by atoms with Crippen molar-refractivity contribution in [3.63, 3.8) is 0 Å². The summed E-state index contributed by atoms with van der Waals surface area (Å²) in [5, 5.41) is 0. The van der Waals surface area contributed by atoms with Gasteiger partial charge >= 0.3 is 0 Å². The lowest BCUT2D eigenvalue weighted by Crippen LogP contribution is -2.13. The highest BCUT2D eigenvalue weighted by Gasteiger charge is 2.15. The molecule has 0 N–H and O–H groups in total. The lowest BCUT2D eigenvalue weighted by molar-refractivity contribution is 0.0499. The molecule has 0 amide bonds. The van der Waals surface area contributed by atoms with Gasteiger partial charge in [0.05, 0.1) is 45.3 Å². The summed E-state index contributed by atoms with van der Waals surface area (Å²) in [6.45, 7) is 3.76. The highest BCUT2D eigenvalue weighted by molar-refractivity contribution is 5.66. The van der Waals surface area contributed by atoms with Gasteiger partial charge in [0.25, 0.3) is 0 Å². The van der Waals surface area contributed by atoms with Gasteiger partial charge < -0.3 is 28.4 Å². The van der Waals surface area contributed by atoms with E-state index >= 15 is 0 Å². The normalized spacial score (nSPS) is 10.8. The molecule has 0 radical (unpaired) electrons. The number of hydrogen-bond donors (Lipinski definition) is 0. The second-order valence-corrected chi connectivity index (χ2v) is 5.61. The standard InChI is InChI=1S/C20H28N2O6/c1-23-9-11-25-13-15-27-18-6-8-22-19(17-5-3-4-7-21-17)20(18)28-16-14-26-12-10-24-2/h3-8H,9-16H2,1-2H3. The van der Waals surface area contributed by atoms with E-state index in [0.29, 0.717) is 75.7 Å². The van der Waals surface area contributed by atoms with E-state index in [2.05, 4.69) is 9.97 Å². The molecule has 0 atom stereocenters. The minimum absolute atomic E-state index is 0.357. The van der Waals surface area contributed by atoms with Gasteiger partial charge in [-0.15, -0.1) is 0 Å². The Hall–Kier alpha value is -2.26. The lowest BCUT2D eigenvalue weighted by atomic mass is 10.2. The zero-order valence-electron chi connectivity index (χ0n) is 16.5. The van der Waals surface area contributed by atoms with Crippen molar-refractivity contribution in [1.29, 1.82) is 0 Å². The van der Waals surface area contributed by atoms with Crippen LogP contribution < -0.4 is 9.47 Å². The average molecular weight is 392 g/mol. The number of nitrogens with zero attached hydrogens (tertiary/aromatic N) is 2. The van der Waals surface area contributed by atoms with Gasteiger partial charge in [0.2, 0.25) is 0 Å². The lowest BCUT2D eigenvalue weighted by Gasteiger charge is -2.16. The maximum Gasteiger partial charge on any atom is 0.189 e. The number of ether oxygens (including phenoxy) is 6. The predicted octanol–water partition coefficient (Wildman–Crippen LogP) is 2.23. The molecular formula is C20H28N2O6. The maximum atomic E-state index is 5.94. The van der Waals surface area contributed by atoms with Gasteiger partial charge in [0.1, 0.15) is 18.9 Å². The zero-order valence-corrected chi connectivity index (χ0v) is 16.5. The number of methoxy groups -OCH3 is 2. The Morgan fingerprint density at radius 2 is 1.36 bits per heavy atom. The van der Waals surface area contributed by atoms with E-state index in [1.165, 1.54) is 0 Å². The number of rotatable bonds is 15. The highest BCUT2D eigenvalue weighted by Crippen LogP contribution is 2.35. The van der Waals surface area contributed by atoms with Crippen LogP contribution in [0.15, 0.2) is 36.7 Å². The summed E-state index contributed by atoms with van der Waals surface area (Å²) in [7, 11) is 3.27. The van der Waals surface area contributed by atoms with Gasteiger partial charge in [0.15, 0.2) is 11.5 Å². The number of aromatic nitrogens is 2. The molecule has 0 unspecified atom stereocenters. The Kier molecular flexibility index (Phi) is 10.9. The third-order valence-electron chi connectivity index (χ3n) is 3.60. The van der Waals surface area contributed by atoms with Crippen molar-refractivity contribution in [3.8, 4) is 22.9 Å². The van der Waals surface area contributed by atoms with Crippen LogP contribution in [0.25, 0.3) is 11.4 Å². The maximum absolute atomic E-state index is 5.94. The molecule has 0 fully saturated rings. The summed E-state index contributed by atoms with van der Waals surface area (Å²) in [5.41, 5.74) is 1.33. The van der Waals surface area contributed by atoms with Crippen molar-refractivity contribution in [2.75, 3.05) is 67.1 Å². The van der Waals surface area contributed by atoms with Gasteiger partial charge in [-0.05, 0) is 12.1 Å². The van der Waals surface area contributed by atoms with E-state index < -0.39 is 0 Å². The third kappa shape index (κ3) is 7.77. The smallest absolute Gasteiger partial charge is 0.189 e. The molecule has 0 spiro atoms. The molecule has 2 aromatic rings. The monoisotopic (exact) mass is 392 g/mol. The molecule has 0 aliphatic heterocycles. The summed E-state index contributed by atoms with van der Waals surface area (Å²) in [6, 6.07) is 7.40. The Balaban J connectivity index is 2.01. The molecule has 2 aromatic heterocycles. The quantitative estimate of drug-likeness (QED) is 0.427. The Labute approximate surface area is 165 Å². The fourth-order valence-corrected chi connectivity index (χ4v) is 2.27. The summed E-state index contributed by atoms with van der Waals surface area (Å²) in [5.74, 6) is 1.12. The fraction of sp³-hybridized carbons (Fsp3) is 0.500. The first kappa shape index (κ1) is 22.0. The van der Waals surface area contributed by atoms with E-state index in [4.69, 9.17) is 28.4 Å². The van der Waals surface area contributed by atoms with E-state index in [-0.39, 0.29) is 0 Å². The molecule has 0 aliphatic rings. The van der Waals surface area contributed by atoms with Crippen molar-refractivity contribution in [2.24, 2.45) is 0 Å². The summed E-state index contributed by atoms with van der Waals surface area (Å²) in [4.78, 5) is 8.80. The highest BCUT2D eigenvalue weighted by atomic mass is 16.6. The molecule has 8 nitrogen and oxygen atoms in total. The van der Waals surface area contributed by atoms with Crippen LogP contribution >= 0.6 is 0 Å². The van der Waals surface area contributed by atoms with E-state index in [0.717, 1.165) is 0 Å². The molecule has 8 heteroatoms. The van der Waals surface area contributed by atoms with Gasteiger partial charge in [-0.3, -0.25) is 9.97 Å². The third-order valence-corrected chi connectivity index (χ3v) is 3.60. The number of hydrogen-bond acceptors (Lipinski definition) is 8. The van der Waals surface area contributed by atoms with Crippen molar-refractivity contribution >= 4 is 0 Å². The predicted molar refractivity (Wildman–Crippen MR) is 104 cm³/mol. The van der Waals surface area contributed by atoms with Crippen LogP contribution in [0.1, 0.15) is 0 Å². The van der Waals surface area contributed by atoms with E-state index in [9.17, 15) is 0 Å². The first-order chi connectivity index (χ1) is 13.9. The van der Waals surface area contributed by atoms with Crippen LogP contribution in [-0.2, 0) is 18.9 Å². The van der Waals surface area contributed by atoms with Crippen LogP contribution in [0.4, 0.5) is 0 Å². The van der Waals surface area contributed by atoms with Gasteiger partial charge in [-0.1, -0.05) is 6.07 Å². The molecule has 28 heavy (non-hydrogen) atoms. The minimum atomic E-state index is 0.357. The first-order valence-electron chi connectivity index (χ1n) is 9.16. The molecule has 0 bridgehead atoms. The van der Waals surface area contributed by atoms with Crippen molar-refractivity contribution in [3.05, 3.63) is 36.7 Å². The van der Waals surface area contributed by atoms with Gasteiger partial charge in [0, 0.05) is 32.7 Å². The van der Waals surface area contributed by atoms with Crippen LogP contribution in [0, 0.1) is 0 Å². The Morgan fingerprint density at radius 3 is 2.00 bits per heavy atom. The zero-order chi connectivity index (χ0) is 19.9. The summed E-state index contributed by atoms with van der Waals surface area (Å²) >= 11 is 0. The molecule has 2 heterocycles. The second kappa shape index (κ2) is 13.8. The summed E-state index contributed by atoms with van der Waals surface area (Å²) in [6.07, 6.45) is 3.39. The largest absolute Gasteiger partial charge is 0.487 e. The molecule has 0 saturated carbocycles. The molecular weight excluding hydrogens is 364 g/mol. The van der Waals surface area contributed by atoms with Crippen molar-refractivity contribution in [1.82, 2.24) is 9.97 Å². The Morgan fingerprint density at radius 1 is 0.679 bits per heavy atom. The van der Waals surface area contributed by atoms with Crippen molar-refractivity contribution in [2.45, 2.75) is 0 Å². The van der Waals surface area contributed by atoms with Crippen molar-refractivity contribution < 1.29 is 28.4 Å². The van der Waals surface area contributed by atoms with Crippen LogP contribution in [-0.4, -0.2) is 77.0 Å². The van der Waals surface area contributed by atoms with E-state index in [1.54, 1.807) is 32.7 Å². The molecule has 0 saturated heterocycles. The second-order valence-electron chi connectivity index (χ2n) is 5.61. The van der Waals surface area contributed by atoms with Crippen LogP contribution in [0.2, 0.25) is 0 Å². The topological polar surface area (TPSA) is 81.2 Å². The van der Waals surface area contributed by atoms with Crippen LogP contribution in [0.5, 0.6) is 11.5 Å². The molecule has 2 rings (SSSR count). The molecule has 0 aromatic carbocycles. The minimum Gasteiger partial charge on any atom is -0.487 e. The molecule has 0 aliphatic carbocycles. The average Bonchev–Trinajstić information content (AvgIpc) is 2.74. The van der Waals surface area contributed by atoms with Gasteiger partial charge in [-0.25, -0.2) is 0 Å². The summed E-state index contributed by atoms with van der Waals surface area (Å²) < 4.78 is 32.6. The van der Waals surface area contributed by atoms with E-state index in [1.807, 2.05) is 18.2 Å². The van der Waals surface area contributed by atoms with Gasteiger partial charge in [-0.2, -0.15) is 0 Å². The fourth-order valence-electron chi connectivity index (χ4n) is 2.27. The first-order valence-corrected chi connectivity index (χ1v) is 9.16. The molecule has 154 valence electrons. The SMILES string of the molecule is COCCOCCOc1ccnc(-c2ccccn2)c1OCCOCCOC. The van der Waals surface area contributed by atoms with Crippen LogP contribution in [0.3, 0.4) is 0 Å².